The first-order valence-corrected chi connectivity index (χ1v) is 10.4. The van der Waals surface area contributed by atoms with Crippen LogP contribution in [0.15, 0.2) is 36.0 Å². The summed E-state index contributed by atoms with van der Waals surface area (Å²) in [5, 5.41) is 14.1. The molecule has 10 heteroatoms. The van der Waals surface area contributed by atoms with E-state index in [2.05, 4.69) is 31.0 Å². The van der Waals surface area contributed by atoms with Crippen LogP contribution < -0.4 is 16.0 Å². The van der Waals surface area contributed by atoms with Crippen LogP contribution >= 0.6 is 11.6 Å². The van der Waals surface area contributed by atoms with E-state index < -0.39 is 0 Å². The van der Waals surface area contributed by atoms with E-state index in [-0.39, 0.29) is 24.3 Å². The molecule has 0 radical (unpaired) electrons. The molecule has 5 rings (SSSR count). The number of aromatic nitrogens is 4. The monoisotopic (exact) mass is 437 g/mol. The summed E-state index contributed by atoms with van der Waals surface area (Å²) in [6.07, 6.45) is 5.47. The molecule has 1 aliphatic carbocycles. The number of hydrogen-bond donors (Lipinski definition) is 3. The molecule has 0 spiro atoms. The van der Waals surface area contributed by atoms with Crippen LogP contribution in [0.1, 0.15) is 43.4 Å². The molecular weight excluding hydrogens is 418 g/mol. The van der Waals surface area contributed by atoms with Crippen molar-refractivity contribution in [3.63, 3.8) is 0 Å². The molecule has 0 bridgehead atoms. The zero-order valence-electron chi connectivity index (χ0n) is 16.7. The predicted molar refractivity (Wildman–Crippen MR) is 117 cm³/mol. The highest BCUT2D eigenvalue weighted by Crippen LogP contribution is 2.27. The van der Waals surface area contributed by atoms with Crippen LogP contribution in [0.2, 0.25) is 5.02 Å². The maximum absolute atomic E-state index is 12.0. The molecule has 1 atom stereocenters. The molecule has 3 N–H and O–H groups in total. The fraction of sp³-hybridized carbons (Fsp3) is 0.286. The zero-order valence-corrected chi connectivity index (χ0v) is 17.5. The fourth-order valence-corrected chi connectivity index (χ4v) is 3.62. The van der Waals surface area contributed by atoms with Crippen molar-refractivity contribution < 1.29 is 9.59 Å². The minimum atomic E-state index is -0.386. The number of anilines is 2. The molecule has 2 amide bonds. The van der Waals surface area contributed by atoms with Gasteiger partial charge in [-0.25, -0.2) is 0 Å². The number of imide groups is 1. The Balaban J connectivity index is 1.53. The van der Waals surface area contributed by atoms with E-state index in [0.717, 1.165) is 18.4 Å². The second kappa shape index (κ2) is 7.66. The third kappa shape index (κ3) is 4.09. The van der Waals surface area contributed by atoms with Crippen LogP contribution in [0.25, 0.3) is 11.7 Å². The minimum absolute atomic E-state index is 0.0470. The molecule has 9 nitrogen and oxygen atoms in total. The van der Waals surface area contributed by atoms with Gasteiger partial charge in [-0.05, 0) is 43.5 Å². The van der Waals surface area contributed by atoms with Crippen molar-refractivity contribution in [1.29, 1.82) is 0 Å². The minimum Gasteiger partial charge on any atom is -0.351 e. The highest BCUT2D eigenvalue weighted by molar-refractivity contribution is 6.30. The molecular formula is C21H20ClN7O2. The Bertz CT molecular complexity index is 1230. The van der Waals surface area contributed by atoms with E-state index in [1.54, 1.807) is 16.8 Å². The van der Waals surface area contributed by atoms with Gasteiger partial charge in [-0.3, -0.25) is 14.9 Å². The number of nitrogens with zero attached hydrogens (tertiary/aromatic N) is 4. The topological polar surface area (TPSA) is 113 Å². The van der Waals surface area contributed by atoms with Gasteiger partial charge < -0.3 is 10.6 Å². The number of hydrogen-bond acceptors (Lipinski definition) is 7. The maximum atomic E-state index is 12.0. The van der Waals surface area contributed by atoms with Crippen LogP contribution in [0.5, 0.6) is 0 Å². The second-order valence-electron chi connectivity index (χ2n) is 7.77. The van der Waals surface area contributed by atoms with Crippen molar-refractivity contribution in [1.82, 2.24) is 24.9 Å². The Morgan fingerprint density at radius 1 is 1.29 bits per heavy atom. The molecule has 1 saturated carbocycles. The molecule has 1 unspecified atom stereocenters. The molecule has 1 saturated heterocycles. The molecule has 3 heterocycles. The quantitative estimate of drug-likeness (QED) is 0.401. The lowest BCUT2D eigenvalue weighted by Gasteiger charge is -2.16. The summed E-state index contributed by atoms with van der Waals surface area (Å²) in [5.41, 5.74) is 2.57. The number of amides is 2. The lowest BCUT2D eigenvalue weighted by Crippen LogP contribution is -2.19. The van der Waals surface area contributed by atoms with Gasteiger partial charge >= 0.3 is 0 Å². The molecule has 158 valence electrons. The molecule has 2 aromatic heterocycles. The van der Waals surface area contributed by atoms with Gasteiger partial charge in [0.1, 0.15) is 0 Å². The summed E-state index contributed by atoms with van der Waals surface area (Å²) in [6.45, 7) is 2.00. The standard InChI is InChI=1S/C21H20ClN7O2/c1-11(12-3-2-4-15(22)8-12)24-20-27-18-14(7-13-9-17(30)26-19(13)31)10-23-29(18)21(28-20)25-16-5-6-16/h2-4,7-8,10-11,16H,5-6,9H2,1H3,(H,26,30,31)(H2,24,25,27,28)/b13-7+. The number of halogens is 1. The van der Waals surface area contributed by atoms with E-state index >= 15 is 0 Å². The molecule has 2 aliphatic rings. The van der Waals surface area contributed by atoms with Crippen molar-refractivity contribution >= 4 is 47.0 Å². The van der Waals surface area contributed by atoms with Crippen LogP contribution in [0, 0.1) is 0 Å². The average molecular weight is 438 g/mol. The third-order valence-electron chi connectivity index (χ3n) is 5.23. The maximum Gasteiger partial charge on any atom is 0.254 e. The van der Waals surface area contributed by atoms with Gasteiger partial charge in [0.15, 0.2) is 5.65 Å². The number of fused-ring (bicyclic) bond motifs is 1. The first-order chi connectivity index (χ1) is 15.0. The average Bonchev–Trinajstić information content (AvgIpc) is 3.37. The summed E-state index contributed by atoms with van der Waals surface area (Å²) in [5.74, 6) is 0.305. The largest absolute Gasteiger partial charge is 0.351 e. The number of carbonyl (C=O) groups is 2. The molecule has 3 aromatic rings. The first-order valence-electron chi connectivity index (χ1n) is 10.1. The molecule has 31 heavy (non-hydrogen) atoms. The summed E-state index contributed by atoms with van der Waals surface area (Å²) >= 11 is 6.12. The van der Waals surface area contributed by atoms with Gasteiger partial charge in [-0.1, -0.05) is 23.7 Å². The van der Waals surface area contributed by atoms with E-state index in [1.807, 2.05) is 31.2 Å². The normalized spacial score (nSPS) is 18.5. The van der Waals surface area contributed by atoms with Crippen molar-refractivity contribution in [2.24, 2.45) is 0 Å². The molecule has 2 fully saturated rings. The van der Waals surface area contributed by atoms with Gasteiger partial charge in [0.05, 0.1) is 18.7 Å². The van der Waals surface area contributed by atoms with Crippen LogP contribution in [0.3, 0.4) is 0 Å². The Morgan fingerprint density at radius 2 is 2.13 bits per heavy atom. The summed E-state index contributed by atoms with van der Waals surface area (Å²) in [4.78, 5) is 32.8. The van der Waals surface area contributed by atoms with Gasteiger partial charge in [0.25, 0.3) is 5.91 Å². The Hall–Kier alpha value is -3.46. The second-order valence-corrected chi connectivity index (χ2v) is 8.21. The SMILES string of the molecule is CC(Nc1nc(NC2CC2)n2ncc(/C=C3\CC(=O)NC3=O)c2n1)c1cccc(Cl)c1. The van der Waals surface area contributed by atoms with E-state index in [4.69, 9.17) is 11.6 Å². The number of benzene rings is 1. The highest BCUT2D eigenvalue weighted by atomic mass is 35.5. The third-order valence-corrected chi connectivity index (χ3v) is 5.46. The van der Waals surface area contributed by atoms with Crippen LogP contribution in [-0.2, 0) is 9.59 Å². The Morgan fingerprint density at radius 3 is 2.84 bits per heavy atom. The van der Waals surface area contributed by atoms with Crippen molar-refractivity contribution in [3.05, 3.63) is 52.2 Å². The smallest absolute Gasteiger partial charge is 0.254 e. The number of carbonyl (C=O) groups excluding carboxylic acids is 2. The molecule has 1 aromatic carbocycles. The lowest BCUT2D eigenvalue weighted by molar-refractivity contribution is -0.124. The van der Waals surface area contributed by atoms with Crippen molar-refractivity contribution in [3.8, 4) is 0 Å². The van der Waals surface area contributed by atoms with Crippen LogP contribution in [0.4, 0.5) is 11.9 Å². The van der Waals surface area contributed by atoms with Gasteiger partial charge in [0, 0.05) is 22.2 Å². The lowest BCUT2D eigenvalue weighted by atomic mass is 10.1. The Kier molecular flexibility index (Phi) is 4.82. The van der Waals surface area contributed by atoms with Crippen LogP contribution in [-0.4, -0.2) is 37.4 Å². The molecule has 1 aliphatic heterocycles. The number of rotatable bonds is 6. The first kappa shape index (κ1) is 19.5. The van der Waals surface area contributed by atoms with E-state index in [1.165, 1.54) is 0 Å². The summed E-state index contributed by atoms with van der Waals surface area (Å²) in [7, 11) is 0. The van der Waals surface area contributed by atoms with Gasteiger partial charge in [-0.15, -0.1) is 0 Å². The van der Waals surface area contributed by atoms with E-state index in [9.17, 15) is 9.59 Å². The predicted octanol–water partition coefficient (Wildman–Crippen LogP) is 2.96. The highest BCUT2D eigenvalue weighted by Gasteiger charge is 2.26. The van der Waals surface area contributed by atoms with Gasteiger partial charge in [-0.2, -0.15) is 19.6 Å². The van der Waals surface area contributed by atoms with E-state index in [0.29, 0.717) is 39.7 Å². The summed E-state index contributed by atoms with van der Waals surface area (Å²) in [6, 6.07) is 7.88. The van der Waals surface area contributed by atoms with Crippen molar-refractivity contribution in [2.45, 2.75) is 38.3 Å². The van der Waals surface area contributed by atoms with Crippen molar-refractivity contribution in [2.75, 3.05) is 10.6 Å². The number of nitrogens with one attached hydrogen (secondary N) is 3. The Labute approximate surface area is 182 Å². The summed E-state index contributed by atoms with van der Waals surface area (Å²) < 4.78 is 1.62. The fourth-order valence-electron chi connectivity index (χ4n) is 3.43. The zero-order chi connectivity index (χ0) is 21.5. The van der Waals surface area contributed by atoms with Gasteiger partial charge in [0.2, 0.25) is 17.8 Å².